The van der Waals surface area contributed by atoms with Gasteiger partial charge in [-0.25, -0.2) is 4.39 Å². The maximum atomic E-state index is 13.1. The SMILES string of the molecule is Cn1cc(N)c(C(=O)Nc2ccc(F)c(C(F)(F)F)c2)n1. The highest BCUT2D eigenvalue weighted by Crippen LogP contribution is 2.33. The Labute approximate surface area is 116 Å². The number of aromatic nitrogens is 2. The van der Waals surface area contributed by atoms with Crippen molar-refractivity contribution in [1.82, 2.24) is 9.78 Å². The lowest BCUT2D eigenvalue weighted by Crippen LogP contribution is -2.16. The topological polar surface area (TPSA) is 72.9 Å². The summed E-state index contributed by atoms with van der Waals surface area (Å²) in [6, 6.07) is 2.15. The first-order valence-electron chi connectivity index (χ1n) is 5.65. The van der Waals surface area contributed by atoms with Gasteiger partial charge in [-0.15, -0.1) is 0 Å². The number of aryl methyl sites for hydroxylation is 1. The molecule has 0 saturated carbocycles. The van der Waals surface area contributed by atoms with E-state index in [1.165, 1.54) is 17.9 Å². The highest BCUT2D eigenvalue weighted by atomic mass is 19.4. The van der Waals surface area contributed by atoms with Gasteiger partial charge in [0.15, 0.2) is 5.69 Å². The minimum absolute atomic E-state index is 0.0770. The fraction of sp³-hybridized carbons (Fsp3) is 0.167. The van der Waals surface area contributed by atoms with Gasteiger partial charge in [-0.1, -0.05) is 0 Å². The third-order valence-electron chi connectivity index (χ3n) is 2.60. The zero-order valence-electron chi connectivity index (χ0n) is 10.7. The van der Waals surface area contributed by atoms with Crippen LogP contribution in [0, 0.1) is 5.82 Å². The van der Waals surface area contributed by atoms with Crippen LogP contribution in [0.4, 0.5) is 28.9 Å². The summed E-state index contributed by atoms with van der Waals surface area (Å²) < 4.78 is 52.1. The van der Waals surface area contributed by atoms with E-state index in [1.54, 1.807) is 0 Å². The Morgan fingerprint density at radius 3 is 2.57 bits per heavy atom. The summed E-state index contributed by atoms with van der Waals surface area (Å²) >= 11 is 0. The van der Waals surface area contributed by atoms with Crippen LogP contribution in [0.2, 0.25) is 0 Å². The summed E-state index contributed by atoms with van der Waals surface area (Å²) in [5, 5.41) is 5.97. The van der Waals surface area contributed by atoms with Crippen molar-refractivity contribution in [1.29, 1.82) is 0 Å². The molecule has 3 N–H and O–H groups in total. The van der Waals surface area contributed by atoms with E-state index in [9.17, 15) is 22.4 Å². The first kappa shape index (κ1) is 14.8. The number of carbonyl (C=O) groups excluding carboxylic acids is 1. The van der Waals surface area contributed by atoms with Crippen molar-refractivity contribution in [2.75, 3.05) is 11.1 Å². The molecular weight excluding hydrogens is 292 g/mol. The number of carbonyl (C=O) groups is 1. The molecule has 2 aromatic rings. The molecule has 21 heavy (non-hydrogen) atoms. The van der Waals surface area contributed by atoms with Gasteiger partial charge in [0, 0.05) is 18.9 Å². The Morgan fingerprint density at radius 1 is 1.38 bits per heavy atom. The molecule has 0 aliphatic heterocycles. The number of rotatable bonds is 2. The quantitative estimate of drug-likeness (QED) is 0.837. The van der Waals surface area contributed by atoms with Gasteiger partial charge in [0.25, 0.3) is 5.91 Å². The van der Waals surface area contributed by atoms with Crippen molar-refractivity contribution in [2.24, 2.45) is 7.05 Å². The Hall–Kier alpha value is -2.58. The summed E-state index contributed by atoms with van der Waals surface area (Å²) in [7, 11) is 1.53. The van der Waals surface area contributed by atoms with Gasteiger partial charge in [-0.2, -0.15) is 18.3 Å². The van der Waals surface area contributed by atoms with E-state index in [0.717, 1.165) is 6.07 Å². The number of alkyl halides is 3. The number of nitrogens with zero attached hydrogens (tertiary/aromatic N) is 2. The number of benzene rings is 1. The zero-order valence-corrected chi connectivity index (χ0v) is 10.7. The van der Waals surface area contributed by atoms with Crippen LogP contribution in [0.1, 0.15) is 16.1 Å². The van der Waals surface area contributed by atoms with Crippen LogP contribution >= 0.6 is 0 Å². The van der Waals surface area contributed by atoms with E-state index >= 15 is 0 Å². The maximum Gasteiger partial charge on any atom is 0.419 e. The molecule has 0 atom stereocenters. The molecule has 5 nitrogen and oxygen atoms in total. The molecule has 1 aromatic heterocycles. The second-order valence-electron chi connectivity index (χ2n) is 4.25. The fourth-order valence-electron chi connectivity index (χ4n) is 1.69. The molecule has 1 amide bonds. The Bertz CT molecular complexity index is 693. The average molecular weight is 302 g/mol. The van der Waals surface area contributed by atoms with E-state index in [1.807, 2.05) is 0 Å². The van der Waals surface area contributed by atoms with Gasteiger partial charge in [-0.05, 0) is 18.2 Å². The van der Waals surface area contributed by atoms with Gasteiger partial charge in [0.2, 0.25) is 0 Å². The van der Waals surface area contributed by atoms with Crippen molar-refractivity contribution in [3.05, 3.63) is 41.5 Å². The fourth-order valence-corrected chi connectivity index (χ4v) is 1.69. The lowest BCUT2D eigenvalue weighted by Gasteiger charge is -2.10. The largest absolute Gasteiger partial charge is 0.419 e. The molecule has 9 heteroatoms. The summed E-state index contributed by atoms with van der Waals surface area (Å²) in [5.41, 5.74) is 3.81. The van der Waals surface area contributed by atoms with Crippen molar-refractivity contribution >= 4 is 17.3 Å². The average Bonchev–Trinajstić information content (AvgIpc) is 2.69. The molecular formula is C12H10F4N4O. The summed E-state index contributed by atoms with van der Waals surface area (Å²) in [6.45, 7) is 0. The van der Waals surface area contributed by atoms with Crippen LogP contribution in [-0.2, 0) is 13.2 Å². The predicted octanol–water partition coefficient (Wildman–Crippen LogP) is 2.41. The Balaban J connectivity index is 2.28. The molecule has 112 valence electrons. The molecule has 0 unspecified atom stereocenters. The number of hydrogen-bond donors (Lipinski definition) is 2. The summed E-state index contributed by atoms with van der Waals surface area (Å²) in [5.74, 6) is -2.20. The molecule has 0 aliphatic carbocycles. The van der Waals surface area contributed by atoms with Crippen molar-refractivity contribution < 1.29 is 22.4 Å². The Morgan fingerprint density at radius 2 is 2.05 bits per heavy atom. The van der Waals surface area contributed by atoms with Crippen LogP contribution in [-0.4, -0.2) is 15.7 Å². The van der Waals surface area contributed by atoms with Crippen molar-refractivity contribution in [2.45, 2.75) is 6.18 Å². The van der Waals surface area contributed by atoms with E-state index in [-0.39, 0.29) is 17.1 Å². The van der Waals surface area contributed by atoms with Crippen LogP contribution < -0.4 is 11.1 Å². The minimum Gasteiger partial charge on any atom is -0.396 e. The lowest BCUT2D eigenvalue weighted by atomic mass is 10.1. The predicted molar refractivity (Wildman–Crippen MR) is 67.0 cm³/mol. The normalized spacial score (nSPS) is 11.5. The van der Waals surface area contributed by atoms with E-state index in [2.05, 4.69) is 10.4 Å². The van der Waals surface area contributed by atoms with Crippen molar-refractivity contribution in [3.8, 4) is 0 Å². The number of nitrogens with one attached hydrogen (secondary N) is 1. The van der Waals surface area contributed by atoms with Gasteiger partial charge in [-0.3, -0.25) is 9.48 Å². The highest BCUT2D eigenvalue weighted by molar-refractivity contribution is 6.06. The van der Waals surface area contributed by atoms with E-state index in [0.29, 0.717) is 12.1 Å². The molecule has 1 aromatic carbocycles. The van der Waals surface area contributed by atoms with Crippen LogP contribution in [0.3, 0.4) is 0 Å². The molecule has 0 saturated heterocycles. The zero-order chi connectivity index (χ0) is 15.8. The second kappa shape index (κ2) is 5.08. The molecule has 0 aliphatic rings. The van der Waals surface area contributed by atoms with E-state index < -0.39 is 23.5 Å². The highest BCUT2D eigenvalue weighted by Gasteiger charge is 2.34. The van der Waals surface area contributed by atoms with Crippen molar-refractivity contribution in [3.63, 3.8) is 0 Å². The third kappa shape index (κ3) is 3.12. The van der Waals surface area contributed by atoms with Gasteiger partial charge in [0.05, 0.1) is 11.3 Å². The minimum atomic E-state index is -4.85. The number of halogens is 4. The van der Waals surface area contributed by atoms with Crippen LogP contribution in [0.5, 0.6) is 0 Å². The van der Waals surface area contributed by atoms with Crippen LogP contribution in [0.15, 0.2) is 24.4 Å². The molecule has 0 spiro atoms. The van der Waals surface area contributed by atoms with E-state index in [4.69, 9.17) is 5.73 Å². The molecule has 0 radical (unpaired) electrons. The number of amides is 1. The Kier molecular flexibility index (Phi) is 3.58. The molecule has 2 rings (SSSR count). The van der Waals surface area contributed by atoms with Gasteiger partial charge < -0.3 is 11.1 Å². The van der Waals surface area contributed by atoms with Gasteiger partial charge in [0.1, 0.15) is 5.82 Å². The smallest absolute Gasteiger partial charge is 0.396 e. The number of nitrogens with two attached hydrogens (primary N) is 1. The van der Waals surface area contributed by atoms with Crippen LogP contribution in [0.25, 0.3) is 0 Å². The van der Waals surface area contributed by atoms with Gasteiger partial charge >= 0.3 is 6.18 Å². The molecule has 1 heterocycles. The maximum absolute atomic E-state index is 13.1. The third-order valence-corrected chi connectivity index (χ3v) is 2.60. The standard InChI is InChI=1S/C12H10F4N4O/c1-20-5-9(17)10(19-20)11(21)18-6-2-3-8(13)7(4-6)12(14,15)16/h2-5H,17H2,1H3,(H,18,21). The first-order chi connectivity index (χ1) is 9.68. The number of hydrogen-bond acceptors (Lipinski definition) is 3. The molecule has 0 fully saturated rings. The lowest BCUT2D eigenvalue weighted by molar-refractivity contribution is -0.139. The monoisotopic (exact) mass is 302 g/mol. The molecule has 0 bridgehead atoms. The number of anilines is 2. The summed E-state index contributed by atoms with van der Waals surface area (Å²) in [4.78, 5) is 11.9. The first-order valence-corrected chi connectivity index (χ1v) is 5.65. The number of nitrogen functional groups attached to an aromatic ring is 1. The second-order valence-corrected chi connectivity index (χ2v) is 4.25. The summed E-state index contributed by atoms with van der Waals surface area (Å²) in [6.07, 6.45) is -3.48.